The maximum absolute atomic E-state index is 2.74. The molecule has 0 radical (unpaired) electrons. The molecule has 16 atom stereocenters. The first-order valence-electron chi connectivity index (χ1n) is 24.7. The number of fused-ring (bicyclic) bond motifs is 4. The molecule has 59 heavy (non-hydrogen) atoms. The minimum Gasteiger partial charge on any atom is -0.0622 e. The summed E-state index contributed by atoms with van der Waals surface area (Å²) >= 11 is 0. The molecule has 6 saturated carbocycles. The van der Waals surface area contributed by atoms with Gasteiger partial charge >= 0.3 is 0 Å². The zero-order valence-electron chi connectivity index (χ0n) is 38.5. The van der Waals surface area contributed by atoms with E-state index < -0.39 is 0 Å². The van der Waals surface area contributed by atoms with E-state index in [-0.39, 0.29) is 0 Å². The summed E-state index contributed by atoms with van der Waals surface area (Å²) in [6, 6.07) is 30.8. The summed E-state index contributed by atoms with van der Waals surface area (Å²) in [5.41, 5.74) is 18.6. The van der Waals surface area contributed by atoms with Crippen molar-refractivity contribution in [3.8, 4) is 0 Å². The zero-order chi connectivity index (χ0) is 41.0. The zero-order valence-corrected chi connectivity index (χ0v) is 38.5. The predicted molar refractivity (Wildman–Crippen MR) is 249 cm³/mol. The second-order valence-electron chi connectivity index (χ2n) is 22.8. The normalized spacial score (nSPS) is 38.5. The van der Waals surface area contributed by atoms with Crippen molar-refractivity contribution in [2.75, 3.05) is 0 Å². The van der Waals surface area contributed by atoms with E-state index in [0.717, 1.165) is 71.0 Å². The van der Waals surface area contributed by atoms with Gasteiger partial charge in [0.25, 0.3) is 0 Å². The SMILES string of the molecule is Cc1cc(C)cc(C2C3CCCC3C(c3cc(C)cc(C)c3)C3C(CC4C(C)CC5C(c6cc(C)cc(C)c6)C6CCCC6C(c6cc(C)cc(C)c6)C45)C(C)CC23)c1. The van der Waals surface area contributed by atoms with Gasteiger partial charge in [-0.2, -0.15) is 0 Å². The van der Waals surface area contributed by atoms with Crippen LogP contribution in [-0.2, 0) is 0 Å². The Bertz CT molecular complexity index is 1970. The molecular formula is C59H76. The van der Waals surface area contributed by atoms with Gasteiger partial charge in [-0.1, -0.05) is 144 Å². The van der Waals surface area contributed by atoms with Gasteiger partial charge < -0.3 is 0 Å². The van der Waals surface area contributed by atoms with Crippen LogP contribution in [0.5, 0.6) is 0 Å². The summed E-state index contributed by atoms with van der Waals surface area (Å²) in [5.74, 6) is 12.2. The molecule has 0 aromatic heterocycles. The summed E-state index contributed by atoms with van der Waals surface area (Å²) in [5, 5.41) is 0. The van der Waals surface area contributed by atoms with Crippen molar-refractivity contribution in [2.24, 2.45) is 71.0 Å². The lowest BCUT2D eigenvalue weighted by Crippen LogP contribution is -2.44. The van der Waals surface area contributed by atoms with Gasteiger partial charge in [0.2, 0.25) is 0 Å². The largest absolute Gasteiger partial charge is 0.0622 e. The molecule has 6 fully saturated rings. The van der Waals surface area contributed by atoms with Gasteiger partial charge in [0.05, 0.1) is 0 Å². The van der Waals surface area contributed by atoms with Crippen molar-refractivity contribution < 1.29 is 0 Å². The van der Waals surface area contributed by atoms with Crippen molar-refractivity contribution in [1.82, 2.24) is 0 Å². The van der Waals surface area contributed by atoms with Gasteiger partial charge in [0, 0.05) is 0 Å². The van der Waals surface area contributed by atoms with E-state index in [1.165, 1.54) is 102 Å². The van der Waals surface area contributed by atoms with E-state index in [1.54, 1.807) is 22.3 Å². The monoisotopic (exact) mass is 785 g/mol. The number of hydrogen-bond acceptors (Lipinski definition) is 0. The van der Waals surface area contributed by atoms with E-state index in [2.05, 4.69) is 142 Å². The quantitative estimate of drug-likeness (QED) is 0.183. The molecule has 0 saturated heterocycles. The summed E-state index contributed by atoms with van der Waals surface area (Å²) < 4.78 is 0. The molecule has 0 bridgehead atoms. The molecule has 0 N–H and O–H groups in total. The van der Waals surface area contributed by atoms with Crippen LogP contribution in [-0.4, -0.2) is 0 Å². The molecule has 4 aromatic carbocycles. The first-order chi connectivity index (χ1) is 28.3. The van der Waals surface area contributed by atoms with Crippen molar-refractivity contribution in [3.63, 3.8) is 0 Å². The number of benzene rings is 4. The van der Waals surface area contributed by atoms with E-state index in [1.807, 2.05) is 0 Å². The van der Waals surface area contributed by atoms with Gasteiger partial charge in [0.1, 0.15) is 0 Å². The Kier molecular flexibility index (Phi) is 10.4. The van der Waals surface area contributed by atoms with E-state index in [4.69, 9.17) is 0 Å². The fourth-order valence-electron chi connectivity index (χ4n) is 17.6. The molecule has 0 amide bonds. The van der Waals surface area contributed by atoms with Gasteiger partial charge in [-0.05, 0) is 217 Å². The maximum atomic E-state index is 2.74. The Morgan fingerprint density at radius 2 is 0.593 bits per heavy atom. The van der Waals surface area contributed by atoms with Crippen LogP contribution in [0, 0.1) is 126 Å². The Morgan fingerprint density at radius 3 is 0.881 bits per heavy atom. The van der Waals surface area contributed by atoms with Gasteiger partial charge in [0.15, 0.2) is 0 Å². The topological polar surface area (TPSA) is 0 Å². The highest BCUT2D eigenvalue weighted by atomic mass is 14.7. The fraction of sp³-hybridized carbons (Fsp3) is 0.593. The van der Waals surface area contributed by atoms with E-state index >= 15 is 0 Å². The molecule has 6 aliphatic carbocycles. The lowest BCUT2D eigenvalue weighted by atomic mass is 9.52. The minimum absolute atomic E-state index is 0.694. The van der Waals surface area contributed by atoms with Crippen LogP contribution < -0.4 is 0 Å². The van der Waals surface area contributed by atoms with E-state index in [0.29, 0.717) is 23.7 Å². The Labute approximate surface area is 359 Å². The van der Waals surface area contributed by atoms with Crippen LogP contribution in [0.25, 0.3) is 0 Å². The molecule has 4 aromatic rings. The summed E-state index contributed by atoms with van der Waals surface area (Å²) in [7, 11) is 0. The van der Waals surface area contributed by atoms with Crippen molar-refractivity contribution >= 4 is 0 Å². The van der Waals surface area contributed by atoms with Gasteiger partial charge in [-0.3, -0.25) is 0 Å². The molecule has 312 valence electrons. The van der Waals surface area contributed by atoms with Crippen molar-refractivity contribution in [3.05, 3.63) is 140 Å². The van der Waals surface area contributed by atoms with Crippen LogP contribution in [0.1, 0.15) is 162 Å². The number of rotatable bonds is 6. The van der Waals surface area contributed by atoms with Crippen LogP contribution in [0.15, 0.2) is 72.8 Å². The maximum Gasteiger partial charge on any atom is -0.00966 e. The number of aryl methyl sites for hydroxylation is 8. The Morgan fingerprint density at radius 1 is 0.339 bits per heavy atom. The molecule has 0 heterocycles. The smallest absolute Gasteiger partial charge is 0.00966 e. The van der Waals surface area contributed by atoms with Crippen LogP contribution in [0.3, 0.4) is 0 Å². The van der Waals surface area contributed by atoms with Crippen LogP contribution in [0.4, 0.5) is 0 Å². The molecule has 0 spiro atoms. The molecular weight excluding hydrogens is 709 g/mol. The lowest BCUT2D eigenvalue weighted by Gasteiger charge is -2.52. The molecule has 16 unspecified atom stereocenters. The molecule has 6 aliphatic rings. The Balaban J connectivity index is 1.10. The Hall–Kier alpha value is -3.12. The van der Waals surface area contributed by atoms with Crippen molar-refractivity contribution in [1.29, 1.82) is 0 Å². The highest BCUT2D eigenvalue weighted by Crippen LogP contribution is 2.71. The minimum atomic E-state index is 0.694. The average molecular weight is 785 g/mol. The first kappa shape index (κ1) is 40.0. The van der Waals surface area contributed by atoms with Gasteiger partial charge in [-0.15, -0.1) is 0 Å². The lowest BCUT2D eigenvalue weighted by molar-refractivity contribution is 0.0357. The highest BCUT2D eigenvalue weighted by molar-refractivity contribution is 5.40. The number of hydrogen-bond donors (Lipinski definition) is 0. The second kappa shape index (κ2) is 15.3. The molecule has 0 heteroatoms. The van der Waals surface area contributed by atoms with Crippen LogP contribution in [0.2, 0.25) is 0 Å². The molecule has 10 rings (SSSR count). The summed E-state index contributed by atoms with van der Waals surface area (Å²) in [6.45, 7) is 24.4. The third kappa shape index (κ3) is 6.92. The summed E-state index contributed by atoms with van der Waals surface area (Å²) in [4.78, 5) is 0. The fourth-order valence-corrected chi connectivity index (χ4v) is 17.6. The first-order valence-corrected chi connectivity index (χ1v) is 24.7. The average Bonchev–Trinajstić information content (AvgIpc) is 3.95. The molecule has 0 nitrogen and oxygen atoms in total. The third-order valence-corrected chi connectivity index (χ3v) is 18.6. The van der Waals surface area contributed by atoms with Crippen LogP contribution >= 0.6 is 0 Å². The van der Waals surface area contributed by atoms with Gasteiger partial charge in [-0.25, -0.2) is 0 Å². The molecule has 0 aliphatic heterocycles. The predicted octanol–water partition coefficient (Wildman–Crippen LogP) is 15.6. The highest BCUT2D eigenvalue weighted by Gasteiger charge is 2.62. The van der Waals surface area contributed by atoms with E-state index in [9.17, 15) is 0 Å². The third-order valence-electron chi connectivity index (χ3n) is 18.6. The standard InChI is InChI=1S/C59H76/c1-32-17-33(2)22-42(21-32)54-46-13-11-15-48(46)56(44-25-36(5)19-37(6)26-44)58-50(40(9)29-52(54)58)31-51-41(10)30-53-55(43-23-34(3)18-35(4)24-43)47-14-12-16-49(47)57(59(51)53)45-27-38(7)20-39(8)28-45/h17-28,40-41,46-59H,11-16,29-31H2,1-10H3. The summed E-state index contributed by atoms with van der Waals surface area (Å²) in [6.07, 6.45) is 12.8. The van der Waals surface area contributed by atoms with Crippen molar-refractivity contribution in [2.45, 2.75) is 151 Å². The second-order valence-corrected chi connectivity index (χ2v) is 22.8.